The van der Waals surface area contributed by atoms with E-state index in [1.165, 1.54) is 0 Å². The molecule has 0 aromatic heterocycles. The Labute approximate surface area is 136 Å². The van der Waals surface area contributed by atoms with Gasteiger partial charge in [-0.15, -0.1) is 0 Å². The Kier molecular flexibility index (Phi) is 7.22. The fraction of sp³-hybridized carbons (Fsp3) is 0.400. The Morgan fingerprint density at radius 1 is 1.12 bits per heavy atom. The van der Waals surface area contributed by atoms with Crippen LogP contribution in [0.5, 0.6) is 0 Å². The van der Waals surface area contributed by atoms with Crippen LogP contribution in [0, 0.1) is 0 Å². The molecule has 6 nitrogen and oxygen atoms in total. The minimum absolute atomic E-state index is 0.0434. The number of hydrogen-bond acceptors (Lipinski definition) is 3. The lowest BCUT2D eigenvalue weighted by Gasteiger charge is -2.20. The van der Waals surface area contributed by atoms with E-state index in [-0.39, 0.29) is 6.54 Å². The summed E-state index contributed by atoms with van der Waals surface area (Å²) in [5.74, 6) is -3.22. The van der Waals surface area contributed by atoms with E-state index in [1.807, 2.05) is 0 Å². The lowest BCUT2D eigenvalue weighted by Crippen LogP contribution is -2.41. The van der Waals surface area contributed by atoms with Gasteiger partial charge in [0.05, 0.1) is 0 Å². The Morgan fingerprint density at radius 3 is 2.29 bits per heavy atom. The first-order valence-corrected chi connectivity index (χ1v) is 7.04. The number of nitrogens with zero attached hydrogens (tertiary/aromatic N) is 1. The second-order valence-electron chi connectivity index (χ2n) is 5.01. The molecule has 0 spiro atoms. The largest absolute Gasteiger partial charge is 0.480 e. The number of benzene rings is 1. The molecular weight excluding hydrogens is 329 g/mol. The van der Waals surface area contributed by atoms with Gasteiger partial charge in [0, 0.05) is 6.54 Å². The van der Waals surface area contributed by atoms with Crippen molar-refractivity contribution in [3.05, 3.63) is 35.9 Å². The van der Waals surface area contributed by atoms with E-state index < -0.39 is 43.5 Å². The first kappa shape index (κ1) is 19.5. The third-order valence-corrected chi connectivity index (χ3v) is 2.99. The predicted octanol–water partition coefficient (Wildman–Crippen LogP) is 1.21. The van der Waals surface area contributed by atoms with Crippen LogP contribution in [0.2, 0.25) is 0 Å². The van der Waals surface area contributed by atoms with Crippen molar-refractivity contribution < 1.29 is 32.7 Å². The molecule has 2 amide bonds. The molecule has 1 rings (SSSR count). The number of nitrogens with one attached hydrogen (secondary N) is 1. The fourth-order valence-corrected chi connectivity index (χ4v) is 1.87. The number of carboxylic acids is 1. The van der Waals surface area contributed by atoms with E-state index in [4.69, 9.17) is 5.11 Å². The summed E-state index contributed by atoms with van der Waals surface area (Å²) in [6, 6.07) is 8.94. The minimum atomic E-state index is -4.58. The van der Waals surface area contributed by atoms with Crippen molar-refractivity contribution >= 4 is 17.8 Å². The average molecular weight is 346 g/mol. The second-order valence-corrected chi connectivity index (χ2v) is 5.01. The summed E-state index contributed by atoms with van der Waals surface area (Å²) in [5, 5.41) is 10.4. The summed E-state index contributed by atoms with van der Waals surface area (Å²) in [4.78, 5) is 35.1. The van der Waals surface area contributed by atoms with Gasteiger partial charge in [-0.2, -0.15) is 13.2 Å². The highest BCUT2D eigenvalue weighted by molar-refractivity contribution is 5.97. The van der Waals surface area contributed by atoms with Crippen LogP contribution in [0.25, 0.3) is 0 Å². The molecule has 0 unspecified atom stereocenters. The first-order chi connectivity index (χ1) is 11.2. The molecule has 0 aliphatic heterocycles. The van der Waals surface area contributed by atoms with Crippen molar-refractivity contribution in [3.63, 3.8) is 0 Å². The van der Waals surface area contributed by atoms with Crippen LogP contribution in [0.3, 0.4) is 0 Å². The predicted molar refractivity (Wildman–Crippen MR) is 78.0 cm³/mol. The molecule has 0 bridgehead atoms. The number of rotatable bonds is 8. The van der Waals surface area contributed by atoms with E-state index in [2.05, 4.69) is 0 Å². The molecule has 132 valence electrons. The van der Waals surface area contributed by atoms with E-state index in [1.54, 1.807) is 35.6 Å². The van der Waals surface area contributed by atoms with Gasteiger partial charge in [0.25, 0.3) is 0 Å². The van der Waals surface area contributed by atoms with Gasteiger partial charge in [-0.3, -0.25) is 14.4 Å². The topological polar surface area (TPSA) is 86.7 Å². The number of alkyl halides is 3. The van der Waals surface area contributed by atoms with E-state index in [9.17, 15) is 27.6 Å². The highest BCUT2D eigenvalue weighted by Gasteiger charge is 2.28. The lowest BCUT2D eigenvalue weighted by atomic mass is 10.1. The van der Waals surface area contributed by atoms with Gasteiger partial charge >= 0.3 is 12.1 Å². The highest BCUT2D eigenvalue weighted by atomic mass is 19.4. The van der Waals surface area contributed by atoms with Crippen LogP contribution in [-0.2, 0) is 20.8 Å². The molecule has 0 fully saturated rings. The molecule has 1 aromatic carbocycles. The van der Waals surface area contributed by atoms with E-state index in [0.717, 1.165) is 10.5 Å². The molecule has 0 aliphatic rings. The maximum absolute atomic E-state index is 12.0. The maximum atomic E-state index is 12.0. The molecule has 0 aliphatic carbocycles. The van der Waals surface area contributed by atoms with E-state index in [0.29, 0.717) is 6.42 Å². The molecule has 24 heavy (non-hydrogen) atoms. The zero-order valence-corrected chi connectivity index (χ0v) is 12.7. The van der Waals surface area contributed by atoms with Crippen molar-refractivity contribution in [3.8, 4) is 0 Å². The molecule has 0 heterocycles. The summed E-state index contributed by atoms with van der Waals surface area (Å²) < 4.78 is 36.0. The molecule has 0 radical (unpaired) electrons. The Bertz CT molecular complexity index is 576. The summed E-state index contributed by atoms with van der Waals surface area (Å²) >= 11 is 0. The number of carbonyl (C=O) groups is 3. The third kappa shape index (κ3) is 8.16. The van der Waals surface area contributed by atoms with Gasteiger partial charge < -0.3 is 15.3 Å². The van der Waals surface area contributed by atoms with E-state index >= 15 is 0 Å². The van der Waals surface area contributed by atoms with Gasteiger partial charge in [0.2, 0.25) is 11.8 Å². The summed E-state index contributed by atoms with van der Waals surface area (Å²) in [6.45, 7) is -2.12. The number of halogens is 3. The number of hydrogen-bond donors (Lipinski definition) is 2. The SMILES string of the molecule is O=C(O)CN(CCc1ccccc1)C(=O)CC(=O)NCC(F)(F)F. The van der Waals surface area contributed by atoms with Gasteiger partial charge in [-0.05, 0) is 12.0 Å². The van der Waals surface area contributed by atoms with Crippen LogP contribution in [-0.4, -0.2) is 53.6 Å². The van der Waals surface area contributed by atoms with Crippen LogP contribution in [0.15, 0.2) is 30.3 Å². The van der Waals surface area contributed by atoms with Gasteiger partial charge in [-0.25, -0.2) is 0 Å². The number of carboxylic acid groups (broad SMARTS) is 1. The van der Waals surface area contributed by atoms with Gasteiger partial charge in [-0.1, -0.05) is 30.3 Å². The number of amides is 2. The Hall–Kier alpha value is -2.58. The van der Waals surface area contributed by atoms with Crippen molar-refractivity contribution in [2.24, 2.45) is 0 Å². The normalized spacial score (nSPS) is 11.0. The van der Waals surface area contributed by atoms with Crippen molar-refractivity contribution in [2.45, 2.75) is 19.0 Å². The van der Waals surface area contributed by atoms with Crippen LogP contribution in [0.1, 0.15) is 12.0 Å². The van der Waals surface area contributed by atoms with Crippen LogP contribution in [0.4, 0.5) is 13.2 Å². The highest BCUT2D eigenvalue weighted by Crippen LogP contribution is 2.12. The molecule has 0 saturated heterocycles. The summed E-state index contributed by atoms with van der Waals surface area (Å²) in [5.41, 5.74) is 0.863. The molecular formula is C15H17F3N2O4. The molecule has 9 heteroatoms. The fourth-order valence-electron chi connectivity index (χ4n) is 1.87. The Balaban J connectivity index is 2.57. The third-order valence-electron chi connectivity index (χ3n) is 2.99. The first-order valence-electron chi connectivity index (χ1n) is 7.04. The standard InChI is InChI=1S/C15H17F3N2O4/c16-15(17,18)10-19-12(21)8-13(22)20(9-14(23)24)7-6-11-4-2-1-3-5-11/h1-5H,6-10H2,(H,19,21)(H,23,24). The summed E-state index contributed by atoms with van der Waals surface area (Å²) in [6.07, 6.45) is -5.05. The quantitative estimate of drug-likeness (QED) is 0.693. The molecule has 0 saturated carbocycles. The minimum Gasteiger partial charge on any atom is -0.480 e. The van der Waals surface area contributed by atoms with Crippen molar-refractivity contribution in [2.75, 3.05) is 19.6 Å². The molecule has 1 aromatic rings. The molecule has 2 N–H and O–H groups in total. The van der Waals surface area contributed by atoms with Crippen molar-refractivity contribution in [1.82, 2.24) is 10.2 Å². The van der Waals surface area contributed by atoms with Gasteiger partial charge in [0.15, 0.2) is 0 Å². The van der Waals surface area contributed by atoms with Crippen LogP contribution >= 0.6 is 0 Å². The second kappa shape index (κ2) is 8.90. The zero-order valence-electron chi connectivity index (χ0n) is 12.7. The lowest BCUT2D eigenvalue weighted by molar-refractivity contribution is -0.147. The average Bonchev–Trinajstić information content (AvgIpc) is 2.49. The molecule has 0 atom stereocenters. The number of aliphatic carboxylic acids is 1. The maximum Gasteiger partial charge on any atom is 0.405 e. The monoisotopic (exact) mass is 346 g/mol. The number of carbonyl (C=O) groups excluding carboxylic acids is 2. The summed E-state index contributed by atoms with van der Waals surface area (Å²) in [7, 11) is 0. The zero-order chi connectivity index (χ0) is 18.2. The smallest absolute Gasteiger partial charge is 0.405 e. The van der Waals surface area contributed by atoms with Crippen molar-refractivity contribution in [1.29, 1.82) is 0 Å². The Morgan fingerprint density at radius 2 is 1.75 bits per heavy atom. The van der Waals surface area contributed by atoms with Crippen LogP contribution < -0.4 is 5.32 Å². The van der Waals surface area contributed by atoms with Gasteiger partial charge in [0.1, 0.15) is 19.5 Å².